The highest BCUT2D eigenvalue weighted by Gasteiger charge is 2.44. The molecule has 2 aliphatic rings. The normalized spacial score (nSPS) is 20.6. The van der Waals surface area contributed by atoms with E-state index in [1.807, 2.05) is 0 Å². The molecule has 0 aromatic heterocycles. The van der Waals surface area contributed by atoms with Gasteiger partial charge in [-0.05, 0) is 76.9 Å². The number of hydrogen-bond donors (Lipinski definition) is 3. The SMILES string of the molecule is COC(=O)[C@H](Cc1ccc(NC(=O)[C@@H]2CC(O)CN2C(=O)OC(C)(C)C)cc1)N(C(=O)[C@@H]1CCCN1)S(=O)(=O)c1ccc(C)cc1. The molecular formula is C32H42N4O9S. The van der Waals surface area contributed by atoms with E-state index in [-0.39, 0.29) is 24.3 Å². The molecule has 0 radical (unpaired) electrons. The van der Waals surface area contributed by atoms with E-state index in [1.54, 1.807) is 64.1 Å². The van der Waals surface area contributed by atoms with Gasteiger partial charge < -0.3 is 25.2 Å². The van der Waals surface area contributed by atoms with Gasteiger partial charge in [0, 0.05) is 18.5 Å². The number of anilines is 1. The van der Waals surface area contributed by atoms with Crippen LogP contribution in [0.2, 0.25) is 0 Å². The molecule has 13 nitrogen and oxygen atoms in total. The number of rotatable bonds is 9. The van der Waals surface area contributed by atoms with Crippen molar-refractivity contribution in [2.24, 2.45) is 0 Å². The number of aryl methyl sites for hydroxylation is 1. The van der Waals surface area contributed by atoms with Gasteiger partial charge in [-0.15, -0.1) is 0 Å². The van der Waals surface area contributed by atoms with Crippen molar-refractivity contribution < 1.29 is 42.2 Å². The Morgan fingerprint density at radius 3 is 2.30 bits per heavy atom. The number of benzene rings is 2. The fraction of sp³-hybridized carbons (Fsp3) is 0.500. The van der Waals surface area contributed by atoms with E-state index in [0.29, 0.717) is 34.9 Å². The predicted octanol–water partition coefficient (Wildman–Crippen LogP) is 2.36. The van der Waals surface area contributed by atoms with E-state index in [4.69, 9.17) is 9.47 Å². The molecule has 4 atom stereocenters. The third-order valence-corrected chi connectivity index (χ3v) is 9.59. The Kier molecular flexibility index (Phi) is 10.7. The van der Waals surface area contributed by atoms with Crippen molar-refractivity contribution >= 4 is 39.6 Å². The van der Waals surface area contributed by atoms with Gasteiger partial charge in [0.15, 0.2) is 0 Å². The monoisotopic (exact) mass is 658 g/mol. The van der Waals surface area contributed by atoms with Crippen molar-refractivity contribution in [2.45, 2.75) is 88.1 Å². The van der Waals surface area contributed by atoms with Crippen molar-refractivity contribution in [2.75, 3.05) is 25.5 Å². The summed E-state index contributed by atoms with van der Waals surface area (Å²) in [5.41, 5.74) is 0.907. The summed E-state index contributed by atoms with van der Waals surface area (Å²) in [6.45, 7) is 7.42. The van der Waals surface area contributed by atoms with Crippen LogP contribution in [0.15, 0.2) is 53.4 Å². The molecule has 1 unspecified atom stereocenters. The van der Waals surface area contributed by atoms with Crippen molar-refractivity contribution in [1.29, 1.82) is 0 Å². The number of carbonyl (C=O) groups excluding carboxylic acids is 4. The summed E-state index contributed by atoms with van der Waals surface area (Å²) in [5.74, 6) is -2.17. The Morgan fingerprint density at radius 1 is 1.09 bits per heavy atom. The highest BCUT2D eigenvalue weighted by molar-refractivity contribution is 7.89. The van der Waals surface area contributed by atoms with E-state index in [9.17, 15) is 32.7 Å². The van der Waals surface area contributed by atoms with Crippen LogP contribution in [-0.4, -0.2) is 96.6 Å². The summed E-state index contributed by atoms with van der Waals surface area (Å²) < 4.78 is 38.9. The molecule has 46 heavy (non-hydrogen) atoms. The second kappa shape index (κ2) is 14.2. The van der Waals surface area contributed by atoms with Crippen LogP contribution >= 0.6 is 0 Å². The Labute approximate surface area is 269 Å². The van der Waals surface area contributed by atoms with Crippen molar-refractivity contribution in [3.8, 4) is 0 Å². The molecule has 0 aliphatic carbocycles. The lowest BCUT2D eigenvalue weighted by Gasteiger charge is -2.31. The number of methoxy groups -OCH3 is 1. The molecule has 250 valence electrons. The maximum absolute atomic E-state index is 13.9. The van der Waals surface area contributed by atoms with Crippen molar-refractivity contribution in [3.63, 3.8) is 0 Å². The van der Waals surface area contributed by atoms with Gasteiger partial charge in [-0.2, -0.15) is 0 Å². The maximum Gasteiger partial charge on any atom is 0.411 e. The van der Waals surface area contributed by atoms with Crippen LogP contribution in [0.1, 0.15) is 51.2 Å². The van der Waals surface area contributed by atoms with Crippen LogP contribution in [0.5, 0.6) is 0 Å². The minimum absolute atomic E-state index is 0.0408. The van der Waals surface area contributed by atoms with Crippen LogP contribution < -0.4 is 10.6 Å². The lowest BCUT2D eigenvalue weighted by molar-refractivity contribution is -0.149. The van der Waals surface area contributed by atoms with Crippen LogP contribution in [0.4, 0.5) is 10.5 Å². The number of aliphatic hydroxyl groups is 1. The van der Waals surface area contributed by atoms with Crippen molar-refractivity contribution in [3.05, 3.63) is 59.7 Å². The summed E-state index contributed by atoms with van der Waals surface area (Å²) in [6.07, 6.45) is -0.641. The average molecular weight is 659 g/mol. The molecule has 14 heteroatoms. The quantitative estimate of drug-likeness (QED) is 0.340. The fourth-order valence-corrected chi connectivity index (χ4v) is 7.03. The Morgan fingerprint density at radius 2 is 1.74 bits per heavy atom. The molecule has 2 aromatic rings. The summed E-state index contributed by atoms with van der Waals surface area (Å²) in [4.78, 5) is 53.7. The van der Waals surface area contributed by atoms with Gasteiger partial charge in [0.05, 0.1) is 30.7 Å². The Balaban J connectivity index is 1.56. The first-order valence-corrected chi connectivity index (χ1v) is 16.6. The van der Waals surface area contributed by atoms with Crippen molar-refractivity contribution in [1.82, 2.24) is 14.5 Å². The van der Waals surface area contributed by atoms with E-state index in [1.165, 1.54) is 17.0 Å². The number of likely N-dealkylation sites (tertiary alicyclic amines) is 1. The zero-order chi connectivity index (χ0) is 33.8. The number of hydrogen-bond acceptors (Lipinski definition) is 10. The number of aliphatic hydroxyl groups excluding tert-OH is 1. The van der Waals surface area contributed by atoms with Crippen LogP contribution in [0, 0.1) is 6.92 Å². The Bertz CT molecular complexity index is 1530. The number of β-amino-alcohol motifs (C(OH)–C–C–N with tert-alkyl or cyclic N) is 1. The summed E-state index contributed by atoms with van der Waals surface area (Å²) in [6, 6.07) is 9.08. The smallest absolute Gasteiger partial charge is 0.411 e. The number of carbonyl (C=O) groups is 4. The predicted molar refractivity (Wildman–Crippen MR) is 168 cm³/mol. The number of ether oxygens (including phenoxy) is 2. The van der Waals surface area contributed by atoms with E-state index in [0.717, 1.165) is 12.7 Å². The molecule has 2 saturated heterocycles. The molecule has 2 aromatic carbocycles. The fourth-order valence-electron chi connectivity index (χ4n) is 5.47. The molecule has 0 bridgehead atoms. The molecule has 3 N–H and O–H groups in total. The van der Waals surface area contributed by atoms with Gasteiger partial charge >= 0.3 is 12.1 Å². The number of esters is 1. The van der Waals surface area contributed by atoms with Gasteiger partial charge in [0.25, 0.3) is 15.9 Å². The van der Waals surface area contributed by atoms with Gasteiger partial charge in [-0.3, -0.25) is 14.5 Å². The number of sulfonamides is 1. The molecule has 2 fully saturated rings. The number of amides is 3. The zero-order valence-electron chi connectivity index (χ0n) is 26.7. The Hall–Kier alpha value is -4.01. The molecule has 3 amide bonds. The molecule has 0 saturated carbocycles. The number of nitrogens with zero attached hydrogens (tertiary/aromatic N) is 2. The lowest BCUT2D eigenvalue weighted by Crippen LogP contribution is -2.55. The van der Waals surface area contributed by atoms with E-state index >= 15 is 0 Å². The minimum atomic E-state index is -4.47. The summed E-state index contributed by atoms with van der Waals surface area (Å²) >= 11 is 0. The first-order chi connectivity index (χ1) is 21.6. The molecular weight excluding hydrogens is 616 g/mol. The topological polar surface area (TPSA) is 172 Å². The van der Waals surface area contributed by atoms with Crippen LogP contribution in [0.3, 0.4) is 0 Å². The van der Waals surface area contributed by atoms with Gasteiger partial charge in [0.2, 0.25) is 5.91 Å². The average Bonchev–Trinajstić information content (AvgIpc) is 3.67. The van der Waals surface area contributed by atoms with E-state index < -0.39 is 63.7 Å². The summed E-state index contributed by atoms with van der Waals surface area (Å²) in [5, 5.41) is 15.9. The second-order valence-electron chi connectivity index (χ2n) is 12.6. The summed E-state index contributed by atoms with van der Waals surface area (Å²) in [7, 11) is -3.34. The molecule has 2 heterocycles. The molecule has 0 spiro atoms. The molecule has 4 rings (SSSR count). The third-order valence-electron chi connectivity index (χ3n) is 7.77. The first-order valence-electron chi connectivity index (χ1n) is 15.1. The highest BCUT2D eigenvalue weighted by Crippen LogP contribution is 2.26. The van der Waals surface area contributed by atoms with Crippen LogP contribution in [-0.2, 0) is 40.3 Å². The second-order valence-corrected chi connectivity index (χ2v) is 14.4. The van der Waals surface area contributed by atoms with Gasteiger partial charge in [0.1, 0.15) is 17.7 Å². The first kappa shape index (κ1) is 34.9. The zero-order valence-corrected chi connectivity index (χ0v) is 27.5. The maximum atomic E-state index is 13.9. The van der Waals surface area contributed by atoms with E-state index in [2.05, 4.69) is 10.6 Å². The third kappa shape index (κ3) is 8.22. The van der Waals surface area contributed by atoms with Gasteiger partial charge in [-0.25, -0.2) is 22.3 Å². The minimum Gasteiger partial charge on any atom is -0.467 e. The lowest BCUT2D eigenvalue weighted by atomic mass is 10.0. The number of nitrogens with one attached hydrogen (secondary N) is 2. The molecule has 2 aliphatic heterocycles. The van der Waals surface area contributed by atoms with Crippen LogP contribution in [0.25, 0.3) is 0 Å². The van der Waals surface area contributed by atoms with Gasteiger partial charge in [-0.1, -0.05) is 29.8 Å². The highest BCUT2D eigenvalue weighted by atomic mass is 32.2. The standard InChI is InChI=1S/C32H42N4O9S/c1-20-8-14-24(15-9-20)46(42,43)36(29(39)25-7-6-16-33-25)27(30(40)44-5)17-21-10-12-22(13-11-21)34-28(38)26-18-23(37)19-35(26)31(41)45-32(2,3)4/h8-15,23,25-27,33,37H,6-7,16-19H2,1-5H3,(H,34,38)/t23?,25-,26-,27-/m0/s1. The largest absolute Gasteiger partial charge is 0.467 e.